The van der Waals surface area contributed by atoms with Gasteiger partial charge < -0.3 is 21.3 Å². The molecule has 0 bridgehead atoms. The van der Waals surface area contributed by atoms with Crippen LogP contribution >= 0.6 is 0 Å². The van der Waals surface area contributed by atoms with E-state index in [0.29, 0.717) is 19.4 Å². The average molecular weight is 431 g/mol. The molecule has 2 rings (SSSR count). The fourth-order valence-electron chi connectivity index (χ4n) is 3.68. The van der Waals surface area contributed by atoms with Crippen LogP contribution in [0.2, 0.25) is 0 Å². The lowest BCUT2D eigenvalue weighted by atomic mass is 10.0. The van der Waals surface area contributed by atoms with Crippen molar-refractivity contribution in [1.29, 1.82) is 0 Å². The van der Waals surface area contributed by atoms with Crippen LogP contribution in [0.5, 0.6) is 0 Å². The quantitative estimate of drug-likeness (QED) is 0.586. The molecule has 7 nitrogen and oxygen atoms in total. The number of amides is 3. The van der Waals surface area contributed by atoms with E-state index in [0.717, 1.165) is 37.8 Å². The molecule has 3 amide bonds. The number of carbonyl (C=O) groups excluding carboxylic acids is 3. The van der Waals surface area contributed by atoms with Crippen LogP contribution < -0.4 is 21.3 Å². The predicted octanol–water partition coefficient (Wildman–Crippen LogP) is 1.91. The van der Waals surface area contributed by atoms with Gasteiger partial charge in [-0.1, -0.05) is 57.0 Å². The molecule has 4 N–H and O–H groups in total. The van der Waals surface area contributed by atoms with Crippen molar-refractivity contribution in [3.63, 3.8) is 0 Å². The van der Waals surface area contributed by atoms with Gasteiger partial charge in [-0.25, -0.2) is 0 Å². The van der Waals surface area contributed by atoms with Gasteiger partial charge in [0.1, 0.15) is 12.1 Å². The van der Waals surface area contributed by atoms with Crippen LogP contribution in [0, 0.1) is 5.92 Å². The van der Waals surface area contributed by atoms with E-state index >= 15 is 0 Å². The van der Waals surface area contributed by atoms with Crippen LogP contribution in [0.3, 0.4) is 0 Å². The molecule has 1 aliphatic heterocycles. The monoisotopic (exact) mass is 430 g/mol. The van der Waals surface area contributed by atoms with E-state index in [1.54, 1.807) is 0 Å². The zero-order valence-electron chi connectivity index (χ0n) is 19.1. The lowest BCUT2D eigenvalue weighted by Gasteiger charge is -2.26. The number of hydrogen-bond donors (Lipinski definition) is 4. The molecule has 1 fully saturated rings. The zero-order valence-corrected chi connectivity index (χ0v) is 19.1. The van der Waals surface area contributed by atoms with Crippen LogP contribution in [0.4, 0.5) is 0 Å². The molecule has 0 radical (unpaired) electrons. The Morgan fingerprint density at radius 1 is 0.839 bits per heavy atom. The predicted molar refractivity (Wildman–Crippen MR) is 122 cm³/mol. The number of rotatable bonds is 4. The molecule has 1 aromatic carbocycles. The van der Waals surface area contributed by atoms with Crippen LogP contribution in [-0.4, -0.2) is 48.9 Å². The summed E-state index contributed by atoms with van der Waals surface area (Å²) in [6, 6.07) is 7.89. The molecule has 0 aliphatic carbocycles. The summed E-state index contributed by atoms with van der Waals surface area (Å²) in [7, 11) is 0. The fraction of sp³-hybridized carbons (Fsp3) is 0.625. The molecule has 1 aliphatic rings. The van der Waals surface area contributed by atoms with Gasteiger partial charge in [0.15, 0.2) is 0 Å². The van der Waals surface area contributed by atoms with Gasteiger partial charge in [-0.2, -0.15) is 0 Å². The van der Waals surface area contributed by atoms with E-state index in [1.165, 1.54) is 0 Å². The van der Waals surface area contributed by atoms with E-state index in [9.17, 15) is 14.4 Å². The zero-order chi connectivity index (χ0) is 22.6. The highest BCUT2D eigenvalue weighted by Gasteiger charge is 2.28. The van der Waals surface area contributed by atoms with Crippen molar-refractivity contribution in [3.8, 4) is 0 Å². The molecular weight excluding hydrogens is 392 g/mol. The van der Waals surface area contributed by atoms with Gasteiger partial charge >= 0.3 is 0 Å². The Morgan fingerprint density at radius 2 is 1.48 bits per heavy atom. The third-order valence-electron chi connectivity index (χ3n) is 5.50. The van der Waals surface area contributed by atoms with Crippen molar-refractivity contribution in [2.45, 2.75) is 77.4 Å². The summed E-state index contributed by atoms with van der Waals surface area (Å²) in [6.07, 6.45) is 4.82. The minimum absolute atomic E-state index is 0.186. The molecule has 1 saturated heterocycles. The average Bonchev–Trinajstić information content (AvgIpc) is 2.73. The Balaban J connectivity index is 2.19. The normalized spacial score (nSPS) is 24.9. The third-order valence-corrected chi connectivity index (χ3v) is 5.50. The summed E-state index contributed by atoms with van der Waals surface area (Å²) >= 11 is 0. The lowest BCUT2D eigenvalue weighted by molar-refractivity contribution is -0.132. The van der Waals surface area contributed by atoms with Crippen molar-refractivity contribution >= 4 is 17.7 Å². The van der Waals surface area contributed by atoms with E-state index in [4.69, 9.17) is 0 Å². The standard InChI is InChI=1S/C24H38N4O3/c1-17(2)15-20-24(31)28-21(16-19-11-7-6-8-12-19)23(30)26-14-10-5-4-9-13-25-18(3)22(29)27-20/h6-8,11-12,17-18,20-21,25H,4-5,9-10,13-16H2,1-3H3,(H,26,30)(H,27,29)(H,28,31)/t18-,20-,21-/m0/s1. The van der Waals surface area contributed by atoms with Crippen molar-refractivity contribution < 1.29 is 14.4 Å². The van der Waals surface area contributed by atoms with Gasteiger partial charge in [-0.3, -0.25) is 14.4 Å². The van der Waals surface area contributed by atoms with Crippen molar-refractivity contribution in [2.75, 3.05) is 13.1 Å². The van der Waals surface area contributed by atoms with Gasteiger partial charge in [0, 0.05) is 13.0 Å². The van der Waals surface area contributed by atoms with Gasteiger partial charge in [0.05, 0.1) is 6.04 Å². The summed E-state index contributed by atoms with van der Waals surface area (Å²) in [4.78, 5) is 38.6. The molecule has 7 heteroatoms. The first-order chi connectivity index (χ1) is 14.9. The first kappa shape index (κ1) is 24.9. The van der Waals surface area contributed by atoms with Gasteiger partial charge in [-0.15, -0.1) is 0 Å². The maximum Gasteiger partial charge on any atom is 0.243 e. The Labute approximate surface area is 186 Å². The van der Waals surface area contributed by atoms with E-state index in [1.807, 2.05) is 51.1 Å². The molecule has 0 spiro atoms. The lowest BCUT2D eigenvalue weighted by Crippen LogP contribution is -2.56. The van der Waals surface area contributed by atoms with Crippen LogP contribution in [0.1, 0.15) is 58.4 Å². The molecule has 1 heterocycles. The second-order valence-corrected chi connectivity index (χ2v) is 8.82. The highest BCUT2D eigenvalue weighted by molar-refractivity contribution is 5.93. The van der Waals surface area contributed by atoms with Crippen molar-refractivity contribution in [1.82, 2.24) is 21.3 Å². The van der Waals surface area contributed by atoms with E-state index < -0.39 is 12.1 Å². The Morgan fingerprint density at radius 3 is 2.16 bits per heavy atom. The molecular formula is C24H38N4O3. The minimum atomic E-state index is -0.690. The number of hydrogen-bond acceptors (Lipinski definition) is 4. The summed E-state index contributed by atoms with van der Waals surface area (Å²) in [5.74, 6) is -0.491. The number of benzene rings is 1. The first-order valence-corrected chi connectivity index (χ1v) is 11.5. The SMILES string of the molecule is CC(C)C[C@@H]1NC(=O)[C@H](C)NCCCCCCNC(=O)[C@H](Cc2ccccc2)NC1=O. The van der Waals surface area contributed by atoms with Crippen LogP contribution in [0.15, 0.2) is 30.3 Å². The van der Waals surface area contributed by atoms with Gasteiger partial charge in [-0.05, 0) is 44.2 Å². The second kappa shape index (κ2) is 13.1. The summed E-state index contributed by atoms with van der Waals surface area (Å²) in [6.45, 7) is 7.17. The maximum absolute atomic E-state index is 13.1. The molecule has 31 heavy (non-hydrogen) atoms. The maximum atomic E-state index is 13.1. The number of carbonyl (C=O) groups is 3. The Hall–Kier alpha value is -2.41. The minimum Gasteiger partial charge on any atom is -0.354 e. The molecule has 3 atom stereocenters. The topological polar surface area (TPSA) is 99.3 Å². The first-order valence-electron chi connectivity index (χ1n) is 11.5. The summed E-state index contributed by atoms with van der Waals surface area (Å²) < 4.78 is 0. The smallest absolute Gasteiger partial charge is 0.243 e. The van der Waals surface area contributed by atoms with Crippen LogP contribution in [0.25, 0.3) is 0 Å². The third kappa shape index (κ3) is 9.09. The summed E-state index contributed by atoms with van der Waals surface area (Å²) in [5, 5.41) is 12.0. The Bertz CT molecular complexity index is 708. The molecule has 172 valence electrons. The largest absolute Gasteiger partial charge is 0.354 e. The number of nitrogens with one attached hydrogen (secondary N) is 4. The van der Waals surface area contributed by atoms with Gasteiger partial charge in [0.2, 0.25) is 17.7 Å². The molecule has 0 saturated carbocycles. The fourth-order valence-corrected chi connectivity index (χ4v) is 3.68. The van der Waals surface area contributed by atoms with E-state index in [2.05, 4.69) is 21.3 Å². The van der Waals surface area contributed by atoms with Crippen molar-refractivity contribution in [3.05, 3.63) is 35.9 Å². The summed E-state index contributed by atoms with van der Waals surface area (Å²) in [5.41, 5.74) is 0.972. The highest BCUT2D eigenvalue weighted by atomic mass is 16.2. The van der Waals surface area contributed by atoms with Gasteiger partial charge in [0.25, 0.3) is 0 Å². The highest BCUT2D eigenvalue weighted by Crippen LogP contribution is 2.09. The second-order valence-electron chi connectivity index (χ2n) is 8.82. The van der Waals surface area contributed by atoms with Crippen molar-refractivity contribution in [2.24, 2.45) is 5.92 Å². The molecule has 1 aromatic rings. The van der Waals surface area contributed by atoms with Crippen LogP contribution in [-0.2, 0) is 20.8 Å². The molecule has 0 unspecified atom stereocenters. The molecule has 0 aromatic heterocycles. The van der Waals surface area contributed by atoms with E-state index in [-0.39, 0.29) is 29.7 Å². The Kier molecular flexibility index (Phi) is 10.5.